The summed E-state index contributed by atoms with van der Waals surface area (Å²) < 4.78 is 32.4. The molecule has 1 N–H and O–H groups in total. The van der Waals surface area contributed by atoms with Crippen LogP contribution >= 0.6 is 0 Å². The van der Waals surface area contributed by atoms with E-state index in [1.165, 1.54) is 12.1 Å². The minimum absolute atomic E-state index is 0.0402. The van der Waals surface area contributed by atoms with Crippen molar-refractivity contribution < 1.29 is 13.2 Å². The fourth-order valence-electron chi connectivity index (χ4n) is 2.34. The van der Waals surface area contributed by atoms with E-state index in [9.17, 15) is 8.42 Å². The highest BCUT2D eigenvalue weighted by atomic mass is 32.2. The van der Waals surface area contributed by atoms with Crippen molar-refractivity contribution in [3.63, 3.8) is 0 Å². The molecule has 1 saturated carbocycles. The molecule has 1 fully saturated rings. The smallest absolute Gasteiger partial charge is 0.242 e. The highest BCUT2D eigenvalue weighted by molar-refractivity contribution is 7.89. The topological polar surface area (TPSA) is 79.2 Å². The summed E-state index contributed by atoms with van der Waals surface area (Å²) in [5, 5.41) is 8.96. The first-order chi connectivity index (χ1) is 9.06. The summed E-state index contributed by atoms with van der Waals surface area (Å²) in [6.45, 7) is 0. The van der Waals surface area contributed by atoms with E-state index >= 15 is 0 Å². The van der Waals surface area contributed by atoms with Crippen LogP contribution in [0, 0.1) is 11.3 Å². The number of methoxy groups -OCH3 is 1. The first kappa shape index (κ1) is 14.0. The van der Waals surface area contributed by atoms with Crippen LogP contribution in [-0.2, 0) is 14.8 Å². The Labute approximate surface area is 113 Å². The molecule has 1 aliphatic carbocycles. The second-order valence-electron chi connectivity index (χ2n) is 4.60. The maximum absolute atomic E-state index is 12.3. The third kappa shape index (κ3) is 3.13. The molecule has 0 saturated heterocycles. The van der Waals surface area contributed by atoms with Gasteiger partial charge in [0.25, 0.3) is 0 Å². The zero-order chi connectivity index (χ0) is 13.9. The van der Waals surface area contributed by atoms with Gasteiger partial charge in [-0.15, -0.1) is 0 Å². The quantitative estimate of drug-likeness (QED) is 0.904. The Hall–Kier alpha value is -1.42. The van der Waals surface area contributed by atoms with E-state index in [-0.39, 0.29) is 22.6 Å². The van der Waals surface area contributed by atoms with Gasteiger partial charge in [0.15, 0.2) is 0 Å². The van der Waals surface area contributed by atoms with Gasteiger partial charge in [-0.05, 0) is 31.4 Å². The first-order valence-electron chi connectivity index (χ1n) is 6.11. The van der Waals surface area contributed by atoms with E-state index < -0.39 is 10.0 Å². The van der Waals surface area contributed by atoms with Crippen molar-refractivity contribution in [1.82, 2.24) is 4.72 Å². The van der Waals surface area contributed by atoms with Crippen molar-refractivity contribution in [2.45, 2.75) is 36.3 Å². The fourth-order valence-corrected chi connectivity index (χ4v) is 3.78. The van der Waals surface area contributed by atoms with E-state index in [0.717, 1.165) is 12.8 Å². The maximum atomic E-state index is 12.3. The molecular formula is C13H16N2O3S. The molecule has 0 heterocycles. The normalized spacial score (nSPS) is 23.2. The molecule has 1 aromatic rings. The molecule has 2 atom stereocenters. The van der Waals surface area contributed by atoms with Gasteiger partial charge in [0.05, 0.1) is 16.6 Å². The minimum Gasteiger partial charge on any atom is -0.381 e. The number of hydrogen-bond donors (Lipinski definition) is 1. The van der Waals surface area contributed by atoms with Gasteiger partial charge in [-0.25, -0.2) is 13.1 Å². The zero-order valence-corrected chi connectivity index (χ0v) is 11.5. The number of ether oxygens (including phenoxy) is 1. The lowest BCUT2D eigenvalue weighted by molar-refractivity contribution is 0.107. The van der Waals surface area contributed by atoms with Gasteiger partial charge < -0.3 is 4.74 Å². The first-order valence-corrected chi connectivity index (χ1v) is 7.59. The summed E-state index contributed by atoms with van der Waals surface area (Å²) in [7, 11) is -2.01. The molecule has 0 amide bonds. The Bertz CT molecular complexity index is 592. The van der Waals surface area contributed by atoms with Crippen LogP contribution in [0.3, 0.4) is 0 Å². The Morgan fingerprint density at radius 1 is 1.37 bits per heavy atom. The average molecular weight is 280 g/mol. The highest BCUT2D eigenvalue weighted by Gasteiger charge is 2.29. The van der Waals surface area contributed by atoms with E-state index in [0.29, 0.717) is 6.42 Å². The average Bonchev–Trinajstić information content (AvgIpc) is 2.85. The van der Waals surface area contributed by atoms with Gasteiger partial charge in [-0.3, -0.25) is 0 Å². The third-order valence-corrected chi connectivity index (χ3v) is 4.92. The summed E-state index contributed by atoms with van der Waals surface area (Å²) in [6.07, 6.45) is 2.39. The van der Waals surface area contributed by atoms with Gasteiger partial charge in [0, 0.05) is 13.2 Å². The van der Waals surface area contributed by atoms with Crippen molar-refractivity contribution >= 4 is 10.0 Å². The molecule has 19 heavy (non-hydrogen) atoms. The van der Waals surface area contributed by atoms with Crippen LogP contribution in [0.5, 0.6) is 0 Å². The van der Waals surface area contributed by atoms with E-state index in [1.807, 2.05) is 6.07 Å². The van der Waals surface area contributed by atoms with E-state index in [1.54, 1.807) is 19.2 Å². The maximum Gasteiger partial charge on any atom is 0.242 e. The number of rotatable bonds is 4. The molecule has 0 bridgehead atoms. The predicted molar refractivity (Wildman–Crippen MR) is 69.9 cm³/mol. The molecular weight excluding hydrogens is 264 g/mol. The number of nitrogens with zero attached hydrogens (tertiary/aromatic N) is 1. The van der Waals surface area contributed by atoms with Crippen molar-refractivity contribution in [3.05, 3.63) is 29.8 Å². The van der Waals surface area contributed by atoms with Crippen LogP contribution in [-0.4, -0.2) is 27.7 Å². The molecule has 0 aliphatic heterocycles. The second-order valence-corrected chi connectivity index (χ2v) is 6.28. The van der Waals surface area contributed by atoms with E-state index in [4.69, 9.17) is 10.00 Å². The van der Waals surface area contributed by atoms with Crippen LogP contribution in [0.25, 0.3) is 0 Å². The number of sulfonamides is 1. The minimum atomic E-state index is -3.65. The van der Waals surface area contributed by atoms with Crippen LogP contribution in [0.4, 0.5) is 0 Å². The molecule has 2 rings (SSSR count). The summed E-state index contributed by atoms with van der Waals surface area (Å²) in [5.74, 6) is 0. The lowest BCUT2D eigenvalue weighted by atomic mass is 10.2. The Morgan fingerprint density at radius 2 is 2.11 bits per heavy atom. The zero-order valence-electron chi connectivity index (χ0n) is 10.7. The standard InChI is InChI=1S/C13H16N2O3S/c1-18-12-7-6-11(8-12)15-19(16,17)13-5-3-2-4-10(13)9-14/h2-5,11-12,15H,6-8H2,1H3. The predicted octanol–water partition coefficient (Wildman–Crippen LogP) is 1.40. The lowest BCUT2D eigenvalue weighted by Gasteiger charge is -2.14. The number of nitrogens with one attached hydrogen (secondary N) is 1. The highest BCUT2D eigenvalue weighted by Crippen LogP contribution is 2.24. The molecule has 0 aromatic heterocycles. The summed E-state index contributed by atoms with van der Waals surface area (Å²) in [4.78, 5) is 0.0402. The largest absolute Gasteiger partial charge is 0.381 e. The van der Waals surface area contributed by atoms with Crippen LogP contribution in [0.2, 0.25) is 0 Å². The molecule has 1 aromatic carbocycles. The summed E-state index contributed by atoms with van der Waals surface area (Å²) in [5.41, 5.74) is 0.163. The molecule has 1 aliphatic rings. The van der Waals surface area contributed by atoms with Gasteiger partial charge in [0.1, 0.15) is 6.07 Å². The Kier molecular flexibility index (Phi) is 4.20. The van der Waals surface area contributed by atoms with E-state index in [2.05, 4.69) is 4.72 Å². The summed E-state index contributed by atoms with van der Waals surface area (Å²) in [6, 6.07) is 7.99. The number of benzene rings is 1. The van der Waals surface area contributed by atoms with Crippen molar-refractivity contribution in [2.75, 3.05) is 7.11 Å². The van der Waals surface area contributed by atoms with Gasteiger partial charge in [-0.1, -0.05) is 12.1 Å². The lowest BCUT2D eigenvalue weighted by Crippen LogP contribution is -2.33. The Morgan fingerprint density at radius 3 is 2.74 bits per heavy atom. The van der Waals surface area contributed by atoms with Crippen LogP contribution in [0.15, 0.2) is 29.2 Å². The van der Waals surface area contributed by atoms with Crippen molar-refractivity contribution in [2.24, 2.45) is 0 Å². The van der Waals surface area contributed by atoms with Gasteiger partial charge >= 0.3 is 0 Å². The summed E-state index contributed by atoms with van der Waals surface area (Å²) >= 11 is 0. The van der Waals surface area contributed by atoms with Gasteiger partial charge in [-0.2, -0.15) is 5.26 Å². The second kappa shape index (κ2) is 5.70. The monoisotopic (exact) mass is 280 g/mol. The molecule has 5 nitrogen and oxygen atoms in total. The van der Waals surface area contributed by atoms with Crippen LogP contribution < -0.4 is 4.72 Å². The Balaban J connectivity index is 2.18. The molecule has 2 unspecified atom stereocenters. The van der Waals surface area contributed by atoms with Crippen LogP contribution in [0.1, 0.15) is 24.8 Å². The molecule has 102 valence electrons. The molecule has 0 radical (unpaired) electrons. The van der Waals surface area contributed by atoms with Gasteiger partial charge in [0.2, 0.25) is 10.0 Å². The van der Waals surface area contributed by atoms with Crippen molar-refractivity contribution in [1.29, 1.82) is 5.26 Å². The third-order valence-electron chi connectivity index (χ3n) is 3.34. The molecule has 6 heteroatoms. The van der Waals surface area contributed by atoms with Crippen molar-refractivity contribution in [3.8, 4) is 6.07 Å². The number of nitriles is 1. The molecule has 0 spiro atoms. The number of hydrogen-bond acceptors (Lipinski definition) is 4. The fraction of sp³-hybridized carbons (Fsp3) is 0.462. The SMILES string of the molecule is COC1CCC(NS(=O)(=O)c2ccccc2C#N)C1.